The number of aryl methyl sites for hydroxylation is 1. The van der Waals surface area contributed by atoms with E-state index in [4.69, 9.17) is 0 Å². The Balaban J connectivity index is 1.82. The molecule has 4 nitrogen and oxygen atoms in total. The third-order valence-corrected chi connectivity index (χ3v) is 2.96. The van der Waals surface area contributed by atoms with Gasteiger partial charge in [0.25, 0.3) is 0 Å². The van der Waals surface area contributed by atoms with E-state index >= 15 is 0 Å². The summed E-state index contributed by atoms with van der Waals surface area (Å²) in [5, 5.41) is 6.40. The fourth-order valence-electron chi connectivity index (χ4n) is 1.53. The van der Waals surface area contributed by atoms with Crippen molar-refractivity contribution in [3.8, 4) is 0 Å². The summed E-state index contributed by atoms with van der Waals surface area (Å²) in [7, 11) is 0. The van der Waals surface area contributed by atoms with Crippen LogP contribution in [0.1, 0.15) is 17.8 Å². The first-order valence-electron chi connectivity index (χ1n) is 5.34. The molecule has 0 saturated carbocycles. The SMILES string of the molecule is O=C(CCc1ccc(Br)cc1)Cc1ncn[nH]1. The number of hydrogen-bond acceptors (Lipinski definition) is 3. The number of aromatic nitrogens is 3. The number of nitrogens with one attached hydrogen (secondary N) is 1. The second-order valence-electron chi connectivity index (χ2n) is 3.77. The van der Waals surface area contributed by atoms with E-state index in [-0.39, 0.29) is 5.78 Å². The highest BCUT2D eigenvalue weighted by molar-refractivity contribution is 9.10. The summed E-state index contributed by atoms with van der Waals surface area (Å²) in [5.41, 5.74) is 1.17. The summed E-state index contributed by atoms with van der Waals surface area (Å²) in [6.45, 7) is 0. The molecule has 1 aromatic carbocycles. The van der Waals surface area contributed by atoms with Crippen LogP contribution in [-0.2, 0) is 17.6 Å². The topological polar surface area (TPSA) is 58.6 Å². The lowest BCUT2D eigenvalue weighted by molar-refractivity contribution is -0.118. The van der Waals surface area contributed by atoms with Crippen LogP contribution in [0.4, 0.5) is 0 Å². The lowest BCUT2D eigenvalue weighted by Crippen LogP contribution is -2.05. The molecule has 2 aromatic rings. The van der Waals surface area contributed by atoms with Crippen molar-refractivity contribution in [3.05, 3.63) is 46.5 Å². The van der Waals surface area contributed by atoms with Crippen molar-refractivity contribution in [3.63, 3.8) is 0 Å². The molecule has 0 fully saturated rings. The quantitative estimate of drug-likeness (QED) is 0.920. The molecule has 0 aliphatic carbocycles. The molecule has 0 unspecified atom stereocenters. The van der Waals surface area contributed by atoms with Gasteiger partial charge in [-0.05, 0) is 24.1 Å². The number of rotatable bonds is 5. The van der Waals surface area contributed by atoms with Crippen molar-refractivity contribution < 1.29 is 4.79 Å². The normalized spacial score (nSPS) is 10.4. The molecule has 0 saturated heterocycles. The second kappa shape index (κ2) is 5.72. The van der Waals surface area contributed by atoms with E-state index in [1.165, 1.54) is 11.9 Å². The Morgan fingerprint density at radius 1 is 1.29 bits per heavy atom. The van der Waals surface area contributed by atoms with E-state index < -0.39 is 0 Å². The predicted octanol–water partition coefficient (Wildman–Crippen LogP) is 2.31. The Morgan fingerprint density at radius 3 is 2.71 bits per heavy atom. The monoisotopic (exact) mass is 293 g/mol. The molecule has 0 aliphatic heterocycles. The fourth-order valence-corrected chi connectivity index (χ4v) is 1.79. The number of H-pyrrole nitrogens is 1. The van der Waals surface area contributed by atoms with Gasteiger partial charge in [-0.25, -0.2) is 4.98 Å². The first-order valence-corrected chi connectivity index (χ1v) is 6.14. The number of ketones is 1. The molecule has 0 amide bonds. The number of nitrogens with zero attached hydrogens (tertiary/aromatic N) is 2. The first kappa shape index (κ1) is 12.0. The van der Waals surface area contributed by atoms with Gasteiger partial charge in [0.2, 0.25) is 0 Å². The molecule has 88 valence electrons. The molecule has 0 spiro atoms. The summed E-state index contributed by atoms with van der Waals surface area (Å²) >= 11 is 3.38. The van der Waals surface area contributed by atoms with Crippen molar-refractivity contribution in [2.24, 2.45) is 0 Å². The molecule has 0 bridgehead atoms. The number of Topliss-reactive ketones (excluding diaryl/α,β-unsaturated/α-hetero) is 1. The van der Waals surface area contributed by atoms with Gasteiger partial charge in [0, 0.05) is 10.9 Å². The van der Waals surface area contributed by atoms with Crippen molar-refractivity contribution in [1.29, 1.82) is 0 Å². The number of halogens is 1. The zero-order valence-corrected chi connectivity index (χ0v) is 10.8. The van der Waals surface area contributed by atoms with Gasteiger partial charge in [0.15, 0.2) is 0 Å². The molecule has 17 heavy (non-hydrogen) atoms. The lowest BCUT2D eigenvalue weighted by atomic mass is 10.1. The summed E-state index contributed by atoms with van der Waals surface area (Å²) in [4.78, 5) is 15.6. The van der Waals surface area contributed by atoms with Gasteiger partial charge in [0.05, 0.1) is 6.42 Å². The zero-order valence-electron chi connectivity index (χ0n) is 9.19. The molecule has 5 heteroatoms. The van der Waals surface area contributed by atoms with E-state index in [2.05, 4.69) is 31.1 Å². The Hall–Kier alpha value is -1.49. The maximum Gasteiger partial charge on any atom is 0.140 e. The van der Waals surface area contributed by atoms with Crippen LogP contribution in [0.3, 0.4) is 0 Å². The number of aromatic amines is 1. The summed E-state index contributed by atoms with van der Waals surface area (Å²) in [6, 6.07) is 8.00. The summed E-state index contributed by atoms with van der Waals surface area (Å²) in [5.74, 6) is 0.801. The van der Waals surface area contributed by atoms with E-state index in [0.29, 0.717) is 18.7 Å². The minimum Gasteiger partial charge on any atom is -0.299 e. The smallest absolute Gasteiger partial charge is 0.140 e. The van der Waals surface area contributed by atoms with Crippen LogP contribution in [-0.4, -0.2) is 21.0 Å². The summed E-state index contributed by atoms with van der Waals surface area (Å²) in [6.07, 6.45) is 3.04. The van der Waals surface area contributed by atoms with Crippen LogP contribution in [0.2, 0.25) is 0 Å². The molecule has 1 aromatic heterocycles. The highest BCUT2D eigenvalue weighted by Crippen LogP contribution is 2.12. The standard InChI is InChI=1S/C12H12BrN3O/c13-10-4-1-9(2-5-10)3-6-11(17)7-12-14-8-15-16-12/h1-2,4-5,8H,3,6-7H2,(H,14,15,16). The van der Waals surface area contributed by atoms with Gasteiger partial charge >= 0.3 is 0 Å². The van der Waals surface area contributed by atoms with Gasteiger partial charge in [-0.2, -0.15) is 5.10 Å². The number of benzene rings is 1. The van der Waals surface area contributed by atoms with Gasteiger partial charge in [0.1, 0.15) is 17.9 Å². The van der Waals surface area contributed by atoms with Crippen LogP contribution in [0, 0.1) is 0 Å². The third-order valence-electron chi connectivity index (χ3n) is 2.44. The molecule has 1 N–H and O–H groups in total. The van der Waals surface area contributed by atoms with Crippen LogP contribution >= 0.6 is 15.9 Å². The molecule has 1 heterocycles. The molecular formula is C12H12BrN3O. The Kier molecular flexibility index (Phi) is 4.03. The van der Waals surface area contributed by atoms with E-state index in [0.717, 1.165) is 10.9 Å². The first-order chi connectivity index (χ1) is 8.24. The Bertz CT molecular complexity index is 479. The van der Waals surface area contributed by atoms with Crippen LogP contribution < -0.4 is 0 Å². The highest BCUT2D eigenvalue weighted by atomic mass is 79.9. The largest absolute Gasteiger partial charge is 0.299 e. The average Bonchev–Trinajstić information content (AvgIpc) is 2.81. The minimum atomic E-state index is 0.171. The van der Waals surface area contributed by atoms with Crippen LogP contribution in [0.5, 0.6) is 0 Å². The molecule has 0 atom stereocenters. The maximum absolute atomic E-state index is 11.7. The van der Waals surface area contributed by atoms with E-state index in [1.807, 2.05) is 24.3 Å². The van der Waals surface area contributed by atoms with Gasteiger partial charge in [-0.3, -0.25) is 9.89 Å². The lowest BCUT2D eigenvalue weighted by Gasteiger charge is -2.00. The highest BCUT2D eigenvalue weighted by Gasteiger charge is 2.06. The van der Waals surface area contributed by atoms with Gasteiger partial charge in [-0.1, -0.05) is 28.1 Å². The van der Waals surface area contributed by atoms with Gasteiger partial charge < -0.3 is 0 Å². The van der Waals surface area contributed by atoms with Crippen LogP contribution in [0.25, 0.3) is 0 Å². The van der Waals surface area contributed by atoms with E-state index in [1.54, 1.807) is 0 Å². The van der Waals surface area contributed by atoms with Crippen molar-refractivity contribution in [1.82, 2.24) is 15.2 Å². The maximum atomic E-state index is 11.7. The number of hydrogen-bond donors (Lipinski definition) is 1. The molecule has 2 rings (SSSR count). The van der Waals surface area contributed by atoms with Gasteiger partial charge in [-0.15, -0.1) is 0 Å². The van der Waals surface area contributed by atoms with Crippen molar-refractivity contribution in [2.75, 3.05) is 0 Å². The Morgan fingerprint density at radius 2 is 2.06 bits per heavy atom. The minimum absolute atomic E-state index is 0.171. The molecule has 0 aliphatic rings. The summed E-state index contributed by atoms with van der Waals surface area (Å²) < 4.78 is 1.05. The predicted molar refractivity (Wildman–Crippen MR) is 67.6 cm³/mol. The number of carbonyl (C=O) groups is 1. The van der Waals surface area contributed by atoms with Crippen LogP contribution in [0.15, 0.2) is 35.1 Å². The van der Waals surface area contributed by atoms with E-state index in [9.17, 15) is 4.79 Å². The third kappa shape index (κ3) is 3.78. The number of carbonyl (C=O) groups excluding carboxylic acids is 1. The second-order valence-corrected chi connectivity index (χ2v) is 4.69. The fraction of sp³-hybridized carbons (Fsp3) is 0.250. The van der Waals surface area contributed by atoms with Crippen molar-refractivity contribution >= 4 is 21.7 Å². The van der Waals surface area contributed by atoms with Crippen molar-refractivity contribution in [2.45, 2.75) is 19.3 Å². The Labute approximate surface area is 108 Å². The zero-order chi connectivity index (χ0) is 12.1. The molecule has 0 radical (unpaired) electrons. The molecular weight excluding hydrogens is 282 g/mol. The average molecular weight is 294 g/mol.